The van der Waals surface area contributed by atoms with Gasteiger partial charge < -0.3 is 10.0 Å². The number of amides is 1. The average Bonchev–Trinajstić information content (AvgIpc) is 2.81. The van der Waals surface area contributed by atoms with Gasteiger partial charge in [-0.3, -0.25) is 4.79 Å². The minimum atomic E-state index is -0.920. The second kappa shape index (κ2) is 3.25. The molecule has 0 aliphatic carbocycles. The Bertz CT molecular complexity index is 488. The van der Waals surface area contributed by atoms with Gasteiger partial charge in [-0.05, 0) is 11.6 Å². The summed E-state index contributed by atoms with van der Waals surface area (Å²) < 4.78 is 0. The van der Waals surface area contributed by atoms with Gasteiger partial charge in [0.2, 0.25) is 0 Å². The largest absolute Gasteiger partial charge is 0.480 e. The molecular formula is C11H9NO3S. The summed E-state index contributed by atoms with van der Waals surface area (Å²) in [5, 5.41) is 8.94. The minimum absolute atomic E-state index is 0.107. The zero-order valence-electron chi connectivity index (χ0n) is 8.29. The molecule has 2 heterocycles. The molecule has 0 spiro atoms. The zero-order chi connectivity index (χ0) is 11.3. The van der Waals surface area contributed by atoms with Crippen molar-refractivity contribution in [3.05, 3.63) is 35.4 Å². The first-order valence-corrected chi connectivity index (χ1v) is 6.01. The predicted molar refractivity (Wildman–Crippen MR) is 59.2 cm³/mol. The topological polar surface area (TPSA) is 57.6 Å². The Morgan fingerprint density at radius 3 is 2.94 bits per heavy atom. The highest BCUT2D eigenvalue weighted by Crippen LogP contribution is 2.47. The summed E-state index contributed by atoms with van der Waals surface area (Å²) >= 11 is 1.52. The molecule has 0 aromatic heterocycles. The minimum Gasteiger partial charge on any atom is -0.480 e. The van der Waals surface area contributed by atoms with Crippen LogP contribution in [0.2, 0.25) is 0 Å². The summed E-state index contributed by atoms with van der Waals surface area (Å²) in [6.45, 7) is 0. The normalized spacial score (nSPS) is 26.8. The molecule has 1 N–H and O–H groups in total. The molecule has 1 aromatic rings. The van der Waals surface area contributed by atoms with E-state index in [1.54, 1.807) is 12.1 Å². The van der Waals surface area contributed by atoms with Crippen molar-refractivity contribution in [1.82, 2.24) is 4.90 Å². The van der Waals surface area contributed by atoms with Gasteiger partial charge in [-0.25, -0.2) is 4.79 Å². The smallest absolute Gasteiger partial charge is 0.327 e. The molecule has 3 rings (SSSR count). The highest BCUT2D eigenvalue weighted by Gasteiger charge is 2.48. The van der Waals surface area contributed by atoms with E-state index in [4.69, 9.17) is 5.11 Å². The van der Waals surface area contributed by atoms with Crippen LogP contribution < -0.4 is 0 Å². The third-order valence-corrected chi connectivity index (χ3v) is 4.28. The van der Waals surface area contributed by atoms with E-state index in [1.165, 1.54) is 16.7 Å². The Kier molecular flexibility index (Phi) is 1.97. The zero-order valence-corrected chi connectivity index (χ0v) is 9.11. The van der Waals surface area contributed by atoms with Crippen molar-refractivity contribution >= 4 is 23.6 Å². The second-order valence-electron chi connectivity index (χ2n) is 3.84. The Morgan fingerprint density at radius 1 is 1.44 bits per heavy atom. The molecule has 5 heteroatoms. The number of benzene rings is 1. The van der Waals surface area contributed by atoms with Crippen LogP contribution in [0.4, 0.5) is 0 Å². The van der Waals surface area contributed by atoms with E-state index in [1.807, 2.05) is 12.1 Å². The summed E-state index contributed by atoms with van der Waals surface area (Å²) in [5.74, 6) is -0.603. The van der Waals surface area contributed by atoms with E-state index in [2.05, 4.69) is 0 Å². The van der Waals surface area contributed by atoms with E-state index < -0.39 is 12.0 Å². The predicted octanol–water partition coefficient (Wildman–Crippen LogP) is 1.34. The van der Waals surface area contributed by atoms with Crippen LogP contribution in [-0.4, -0.2) is 33.7 Å². The van der Waals surface area contributed by atoms with Crippen molar-refractivity contribution < 1.29 is 14.7 Å². The summed E-state index contributed by atoms with van der Waals surface area (Å²) in [5.41, 5.74) is 1.59. The van der Waals surface area contributed by atoms with E-state index in [9.17, 15) is 9.59 Å². The molecule has 0 radical (unpaired) electrons. The van der Waals surface area contributed by atoms with Crippen molar-refractivity contribution in [2.45, 2.75) is 11.4 Å². The molecule has 1 unspecified atom stereocenters. The summed E-state index contributed by atoms with van der Waals surface area (Å²) in [6.07, 6.45) is 0. The van der Waals surface area contributed by atoms with Crippen molar-refractivity contribution in [1.29, 1.82) is 0 Å². The van der Waals surface area contributed by atoms with Gasteiger partial charge in [-0.2, -0.15) is 0 Å². The molecule has 1 aromatic carbocycles. The van der Waals surface area contributed by atoms with Crippen LogP contribution in [0.3, 0.4) is 0 Å². The van der Waals surface area contributed by atoms with Crippen molar-refractivity contribution in [3.8, 4) is 0 Å². The fourth-order valence-corrected chi connectivity index (χ4v) is 3.69. The molecule has 4 nitrogen and oxygen atoms in total. The van der Waals surface area contributed by atoms with Crippen LogP contribution in [0.25, 0.3) is 0 Å². The standard InChI is InChI=1S/C11H9NO3S/c13-9-6-3-1-2-4-7(6)10-12(9)8(5-16-10)11(14)15/h1-4,8,10H,5H2,(H,14,15)/t8-,10?/m0/s1. The first-order valence-electron chi connectivity index (χ1n) is 4.96. The fraction of sp³-hybridized carbons (Fsp3) is 0.273. The van der Waals surface area contributed by atoms with Crippen molar-refractivity contribution in [2.24, 2.45) is 0 Å². The summed E-state index contributed by atoms with van der Waals surface area (Å²) in [7, 11) is 0. The van der Waals surface area contributed by atoms with Crippen molar-refractivity contribution in [2.75, 3.05) is 5.75 Å². The maximum atomic E-state index is 12.0. The number of thioether (sulfide) groups is 1. The maximum absolute atomic E-state index is 12.0. The molecule has 0 saturated carbocycles. The first-order chi connectivity index (χ1) is 7.70. The lowest BCUT2D eigenvalue weighted by Gasteiger charge is -2.19. The van der Waals surface area contributed by atoms with Gasteiger partial charge in [0, 0.05) is 11.3 Å². The van der Waals surface area contributed by atoms with Gasteiger partial charge in [0.1, 0.15) is 11.4 Å². The maximum Gasteiger partial charge on any atom is 0.327 e. The monoisotopic (exact) mass is 235 g/mol. The fourth-order valence-electron chi connectivity index (χ4n) is 2.23. The summed E-state index contributed by atoms with van der Waals surface area (Å²) in [6, 6.07) is 6.66. The number of carbonyl (C=O) groups is 2. The van der Waals surface area contributed by atoms with Crippen LogP contribution in [0, 0.1) is 0 Å². The number of carbonyl (C=O) groups excluding carboxylic acids is 1. The lowest BCUT2D eigenvalue weighted by atomic mass is 10.1. The van der Waals surface area contributed by atoms with Crippen LogP contribution in [-0.2, 0) is 4.79 Å². The molecule has 1 amide bonds. The Morgan fingerprint density at radius 2 is 2.19 bits per heavy atom. The molecule has 1 fully saturated rings. The number of carboxylic acid groups (broad SMARTS) is 1. The number of fused-ring (bicyclic) bond motifs is 3. The van der Waals surface area contributed by atoms with E-state index >= 15 is 0 Å². The number of hydrogen-bond donors (Lipinski definition) is 1. The van der Waals surface area contributed by atoms with E-state index in [0.717, 1.165) is 5.56 Å². The third-order valence-electron chi connectivity index (χ3n) is 2.98. The Balaban J connectivity index is 2.07. The average molecular weight is 235 g/mol. The summed E-state index contributed by atoms with van der Waals surface area (Å²) in [4.78, 5) is 24.6. The lowest BCUT2D eigenvalue weighted by Crippen LogP contribution is -2.39. The highest BCUT2D eigenvalue weighted by molar-refractivity contribution is 7.99. The highest BCUT2D eigenvalue weighted by atomic mass is 32.2. The van der Waals surface area contributed by atoms with Gasteiger partial charge in [0.15, 0.2) is 0 Å². The first kappa shape index (κ1) is 9.72. The van der Waals surface area contributed by atoms with Crippen LogP contribution in [0.15, 0.2) is 24.3 Å². The van der Waals surface area contributed by atoms with Crippen LogP contribution in [0.5, 0.6) is 0 Å². The molecular weight excluding hydrogens is 226 g/mol. The Hall–Kier alpha value is -1.49. The molecule has 2 aliphatic rings. The molecule has 2 aliphatic heterocycles. The molecule has 16 heavy (non-hydrogen) atoms. The number of hydrogen-bond acceptors (Lipinski definition) is 3. The van der Waals surface area contributed by atoms with Gasteiger partial charge in [-0.1, -0.05) is 18.2 Å². The SMILES string of the molecule is O=C(O)[C@@H]1CSC2c3ccccc3C(=O)N21. The number of nitrogens with zero attached hydrogens (tertiary/aromatic N) is 1. The number of aliphatic carboxylic acids is 1. The van der Waals surface area contributed by atoms with E-state index in [0.29, 0.717) is 11.3 Å². The molecule has 2 atom stereocenters. The quantitative estimate of drug-likeness (QED) is 0.798. The molecule has 1 saturated heterocycles. The lowest BCUT2D eigenvalue weighted by molar-refractivity contribution is -0.141. The molecule has 0 bridgehead atoms. The van der Waals surface area contributed by atoms with Crippen molar-refractivity contribution in [3.63, 3.8) is 0 Å². The van der Waals surface area contributed by atoms with Crippen LogP contribution >= 0.6 is 11.8 Å². The van der Waals surface area contributed by atoms with Gasteiger partial charge in [0.25, 0.3) is 5.91 Å². The van der Waals surface area contributed by atoms with Gasteiger partial charge >= 0.3 is 5.97 Å². The van der Waals surface area contributed by atoms with E-state index in [-0.39, 0.29) is 11.3 Å². The number of rotatable bonds is 1. The second-order valence-corrected chi connectivity index (χ2v) is 4.95. The third kappa shape index (κ3) is 1.12. The Labute approximate surface area is 96.2 Å². The number of carboxylic acids is 1. The van der Waals surface area contributed by atoms with Crippen LogP contribution in [0.1, 0.15) is 21.3 Å². The molecule has 82 valence electrons. The van der Waals surface area contributed by atoms with Gasteiger partial charge in [-0.15, -0.1) is 11.8 Å². The van der Waals surface area contributed by atoms with Gasteiger partial charge in [0.05, 0.1) is 0 Å².